The van der Waals surface area contributed by atoms with Crippen molar-refractivity contribution in [2.45, 2.75) is 46.1 Å². The first kappa shape index (κ1) is 21.0. The summed E-state index contributed by atoms with van der Waals surface area (Å²) in [4.78, 5) is 51.4. The van der Waals surface area contributed by atoms with Crippen molar-refractivity contribution in [2.24, 2.45) is 23.7 Å². The molecule has 8 heteroatoms. The number of carbonyl (C=O) groups is 4. The fourth-order valence-corrected chi connectivity index (χ4v) is 5.62. The van der Waals surface area contributed by atoms with Gasteiger partial charge in [0.05, 0.1) is 11.8 Å². The Morgan fingerprint density at radius 2 is 1.67 bits per heavy atom. The summed E-state index contributed by atoms with van der Waals surface area (Å²) >= 11 is 3.47. The highest BCUT2D eigenvalue weighted by atomic mass is 79.9. The predicted octanol–water partition coefficient (Wildman–Crippen LogP) is 2.97. The molecular weight excluding hydrogens is 452 g/mol. The van der Waals surface area contributed by atoms with Crippen LogP contribution in [0, 0.1) is 37.5 Å². The van der Waals surface area contributed by atoms with Gasteiger partial charge in [0.1, 0.15) is 6.04 Å². The SMILES string of the molecule is Cc1cc(NC(=O)COC(=O)[C@H](C)N2C(=O)[C@@H]3[C@H]4CC[C@@H](C4)[C@H]3C2=O)cc(C)c1Br. The monoisotopic (exact) mass is 476 g/mol. The van der Waals surface area contributed by atoms with Crippen molar-refractivity contribution < 1.29 is 23.9 Å². The molecule has 0 radical (unpaired) electrons. The van der Waals surface area contributed by atoms with Gasteiger partial charge in [0.15, 0.2) is 6.61 Å². The number of anilines is 1. The first-order chi connectivity index (χ1) is 14.2. The Kier molecular flexibility index (Phi) is 5.46. The molecule has 2 saturated carbocycles. The van der Waals surface area contributed by atoms with Crippen LogP contribution in [-0.4, -0.2) is 41.2 Å². The van der Waals surface area contributed by atoms with Gasteiger partial charge in [0, 0.05) is 10.2 Å². The molecule has 2 bridgehead atoms. The summed E-state index contributed by atoms with van der Waals surface area (Å²) in [6, 6.07) is 2.60. The van der Waals surface area contributed by atoms with Crippen molar-refractivity contribution in [2.75, 3.05) is 11.9 Å². The molecule has 1 aromatic rings. The highest BCUT2D eigenvalue weighted by molar-refractivity contribution is 9.10. The first-order valence-electron chi connectivity index (χ1n) is 10.3. The molecule has 1 heterocycles. The number of nitrogens with zero attached hydrogens (tertiary/aromatic N) is 1. The summed E-state index contributed by atoms with van der Waals surface area (Å²) in [7, 11) is 0. The van der Waals surface area contributed by atoms with E-state index in [9.17, 15) is 19.2 Å². The van der Waals surface area contributed by atoms with Gasteiger partial charge in [0.25, 0.3) is 5.91 Å². The predicted molar refractivity (Wildman–Crippen MR) is 112 cm³/mol. The summed E-state index contributed by atoms with van der Waals surface area (Å²) < 4.78 is 6.09. The van der Waals surface area contributed by atoms with Crippen LogP contribution >= 0.6 is 15.9 Å². The highest BCUT2D eigenvalue weighted by Crippen LogP contribution is 2.56. The van der Waals surface area contributed by atoms with Crippen LogP contribution in [0.25, 0.3) is 0 Å². The Morgan fingerprint density at radius 3 is 2.20 bits per heavy atom. The maximum atomic E-state index is 12.8. The lowest BCUT2D eigenvalue weighted by Gasteiger charge is -2.23. The van der Waals surface area contributed by atoms with Gasteiger partial charge in [-0.15, -0.1) is 0 Å². The zero-order chi connectivity index (χ0) is 21.7. The number of halogens is 1. The van der Waals surface area contributed by atoms with Gasteiger partial charge in [-0.25, -0.2) is 4.79 Å². The maximum Gasteiger partial charge on any atom is 0.329 e. The van der Waals surface area contributed by atoms with Gasteiger partial charge in [0.2, 0.25) is 11.8 Å². The van der Waals surface area contributed by atoms with E-state index in [0.717, 1.165) is 39.8 Å². The van der Waals surface area contributed by atoms with Crippen LogP contribution in [0.2, 0.25) is 0 Å². The van der Waals surface area contributed by atoms with Crippen molar-refractivity contribution in [1.82, 2.24) is 4.90 Å². The second kappa shape index (κ2) is 7.80. The quantitative estimate of drug-likeness (QED) is 0.520. The number of carbonyl (C=O) groups excluding carboxylic acids is 4. The molecule has 5 atom stereocenters. The van der Waals surface area contributed by atoms with E-state index in [1.807, 2.05) is 26.0 Å². The first-order valence-corrected chi connectivity index (χ1v) is 11.1. The smallest absolute Gasteiger partial charge is 0.329 e. The summed E-state index contributed by atoms with van der Waals surface area (Å²) in [5.74, 6) is -1.79. The number of ether oxygens (including phenoxy) is 1. The number of esters is 1. The average Bonchev–Trinajstić information content (AvgIpc) is 3.37. The lowest BCUT2D eigenvalue weighted by molar-refractivity contribution is -0.159. The van der Waals surface area contributed by atoms with Crippen LogP contribution in [0.3, 0.4) is 0 Å². The second-order valence-electron chi connectivity index (χ2n) is 8.69. The standard InChI is InChI=1S/C22H25BrN2O5/c1-10-6-15(7-11(2)19(10)23)24-16(26)9-30-22(29)12(3)25-20(27)17-13-4-5-14(8-13)18(17)21(25)28/h6-7,12-14,17-18H,4-5,8-9H2,1-3H3,(H,24,26)/t12-,13-,14-,17+,18+/m0/s1. The van der Waals surface area contributed by atoms with Gasteiger partial charge < -0.3 is 10.1 Å². The van der Waals surface area contributed by atoms with Crippen molar-refractivity contribution in [1.29, 1.82) is 0 Å². The fraction of sp³-hybridized carbons (Fsp3) is 0.545. The van der Waals surface area contributed by atoms with Crippen molar-refractivity contribution in [3.05, 3.63) is 27.7 Å². The zero-order valence-corrected chi connectivity index (χ0v) is 18.8. The summed E-state index contributed by atoms with van der Waals surface area (Å²) in [5, 5.41) is 2.70. The molecule has 4 rings (SSSR count). The third-order valence-corrected chi connectivity index (χ3v) is 8.01. The number of rotatable bonds is 5. The summed E-state index contributed by atoms with van der Waals surface area (Å²) in [6.45, 7) is 4.84. The number of likely N-dealkylation sites (tertiary alicyclic amines) is 1. The highest BCUT2D eigenvalue weighted by Gasteiger charge is 2.62. The Morgan fingerprint density at radius 1 is 1.13 bits per heavy atom. The number of fused-ring (bicyclic) bond motifs is 5. The molecule has 1 aromatic carbocycles. The minimum Gasteiger partial charge on any atom is -0.454 e. The maximum absolute atomic E-state index is 12.8. The summed E-state index contributed by atoms with van der Waals surface area (Å²) in [6.07, 6.45) is 2.90. The largest absolute Gasteiger partial charge is 0.454 e. The Bertz CT molecular complexity index is 894. The Hall–Kier alpha value is -2.22. The molecule has 3 fully saturated rings. The molecule has 7 nitrogen and oxygen atoms in total. The van der Waals surface area contributed by atoms with Crippen LogP contribution in [0.4, 0.5) is 5.69 Å². The van der Waals surface area contributed by atoms with Gasteiger partial charge in [-0.05, 0) is 75.1 Å². The van der Waals surface area contributed by atoms with Crippen LogP contribution in [0.15, 0.2) is 16.6 Å². The van der Waals surface area contributed by atoms with Crippen LogP contribution in [0.5, 0.6) is 0 Å². The van der Waals surface area contributed by atoms with E-state index in [1.54, 1.807) is 0 Å². The van der Waals surface area contributed by atoms with Gasteiger partial charge in [-0.3, -0.25) is 19.3 Å². The molecule has 1 saturated heterocycles. The molecule has 1 aliphatic heterocycles. The number of hydrogen-bond acceptors (Lipinski definition) is 5. The average molecular weight is 477 g/mol. The Balaban J connectivity index is 1.34. The molecular formula is C22H25BrN2O5. The minimum absolute atomic E-state index is 0.257. The van der Waals surface area contributed by atoms with Crippen molar-refractivity contribution in [3.8, 4) is 0 Å². The van der Waals surface area contributed by atoms with E-state index in [1.165, 1.54) is 6.92 Å². The molecule has 0 unspecified atom stereocenters. The molecule has 160 valence electrons. The number of imide groups is 1. The van der Waals surface area contributed by atoms with Crippen LogP contribution in [-0.2, 0) is 23.9 Å². The van der Waals surface area contributed by atoms with Gasteiger partial charge in [-0.1, -0.05) is 15.9 Å². The van der Waals surface area contributed by atoms with E-state index in [4.69, 9.17) is 4.74 Å². The third-order valence-electron chi connectivity index (χ3n) is 6.76. The fourth-order valence-electron chi connectivity index (χ4n) is 5.39. The molecule has 0 spiro atoms. The normalized spacial score (nSPS) is 27.9. The van der Waals surface area contributed by atoms with E-state index in [-0.39, 0.29) is 35.5 Å². The minimum atomic E-state index is -1.03. The van der Waals surface area contributed by atoms with E-state index in [2.05, 4.69) is 21.2 Å². The molecule has 3 aliphatic rings. The van der Waals surface area contributed by atoms with E-state index < -0.39 is 24.5 Å². The number of amides is 3. The number of aryl methyl sites for hydroxylation is 2. The molecule has 1 N–H and O–H groups in total. The summed E-state index contributed by atoms with van der Waals surface area (Å²) in [5.41, 5.74) is 2.55. The molecule has 2 aliphatic carbocycles. The number of nitrogens with one attached hydrogen (secondary N) is 1. The lowest BCUT2D eigenvalue weighted by atomic mass is 9.81. The zero-order valence-electron chi connectivity index (χ0n) is 17.2. The number of benzene rings is 1. The lowest BCUT2D eigenvalue weighted by Crippen LogP contribution is -2.45. The number of hydrogen-bond donors (Lipinski definition) is 1. The van der Waals surface area contributed by atoms with Crippen molar-refractivity contribution >= 4 is 45.3 Å². The van der Waals surface area contributed by atoms with Gasteiger partial charge in [-0.2, -0.15) is 0 Å². The second-order valence-corrected chi connectivity index (χ2v) is 9.48. The van der Waals surface area contributed by atoms with Crippen molar-refractivity contribution in [3.63, 3.8) is 0 Å². The molecule has 3 amide bonds. The molecule has 30 heavy (non-hydrogen) atoms. The molecule has 0 aromatic heterocycles. The van der Waals surface area contributed by atoms with Crippen LogP contribution < -0.4 is 5.32 Å². The van der Waals surface area contributed by atoms with Gasteiger partial charge >= 0.3 is 5.97 Å². The van der Waals surface area contributed by atoms with E-state index in [0.29, 0.717) is 5.69 Å². The Labute approximate surface area is 183 Å². The topological polar surface area (TPSA) is 92.8 Å². The van der Waals surface area contributed by atoms with E-state index >= 15 is 0 Å². The van der Waals surface area contributed by atoms with Crippen LogP contribution in [0.1, 0.15) is 37.3 Å². The third kappa shape index (κ3) is 3.45.